The number of carbonyl (C=O) groups excluding carboxylic acids is 1. The third kappa shape index (κ3) is 4.87. The molecule has 0 aliphatic carbocycles. The van der Waals surface area contributed by atoms with Gasteiger partial charge >= 0.3 is 0 Å². The minimum Gasteiger partial charge on any atom is -0.492 e. The van der Waals surface area contributed by atoms with Crippen LogP contribution in [0.25, 0.3) is 21.8 Å². The fourth-order valence-electron chi connectivity index (χ4n) is 4.26. The molecule has 3 aromatic carbocycles. The molecule has 0 atom stereocenters. The third-order valence-corrected chi connectivity index (χ3v) is 8.10. The Labute approximate surface area is 210 Å². The van der Waals surface area contributed by atoms with Crippen LogP contribution in [-0.4, -0.2) is 42.9 Å². The van der Waals surface area contributed by atoms with Crippen LogP contribution < -0.4 is 10.1 Å². The van der Waals surface area contributed by atoms with Crippen molar-refractivity contribution in [2.24, 2.45) is 0 Å². The molecule has 35 heavy (non-hydrogen) atoms. The Hall–Kier alpha value is -3.07. The average molecular weight is 514 g/mol. The van der Waals surface area contributed by atoms with E-state index in [0.29, 0.717) is 18.0 Å². The number of halogens is 1. The van der Waals surface area contributed by atoms with E-state index in [2.05, 4.69) is 28.9 Å². The van der Waals surface area contributed by atoms with Crippen LogP contribution in [0.4, 0.5) is 5.69 Å². The van der Waals surface area contributed by atoms with Crippen molar-refractivity contribution in [2.75, 3.05) is 25.0 Å². The van der Waals surface area contributed by atoms with E-state index in [-0.39, 0.29) is 23.0 Å². The van der Waals surface area contributed by atoms with E-state index >= 15 is 0 Å². The van der Waals surface area contributed by atoms with Crippen LogP contribution in [0, 0.1) is 0 Å². The summed E-state index contributed by atoms with van der Waals surface area (Å²) in [5.74, 6) is -0.0141. The van der Waals surface area contributed by atoms with E-state index in [1.807, 2.05) is 37.3 Å². The van der Waals surface area contributed by atoms with Crippen LogP contribution in [0.2, 0.25) is 5.02 Å². The Balaban J connectivity index is 1.56. The lowest BCUT2D eigenvalue weighted by Gasteiger charge is -2.20. The molecule has 1 N–H and O–H groups in total. The molecular formula is C26H28ClN3O4S. The molecule has 4 aromatic rings. The summed E-state index contributed by atoms with van der Waals surface area (Å²) in [6.45, 7) is 6.65. The Morgan fingerprint density at radius 1 is 1.00 bits per heavy atom. The lowest BCUT2D eigenvalue weighted by molar-refractivity contribution is -0.116. The predicted octanol–water partition coefficient (Wildman–Crippen LogP) is 5.52. The standard InChI is InChI=1S/C26H28ClN3O4S/c1-4-29(35(32,33)19-12-14-25(34-6-3)22(27)16-19)17-26(31)28-18-11-13-24-21(15-18)20-9-7-8-10-23(20)30(24)5-2/h7-16H,4-6,17H2,1-3H3,(H,28,31). The predicted molar refractivity (Wildman–Crippen MR) is 141 cm³/mol. The second kappa shape index (κ2) is 10.3. The molecule has 1 heterocycles. The van der Waals surface area contributed by atoms with Crippen molar-refractivity contribution in [3.8, 4) is 5.75 Å². The van der Waals surface area contributed by atoms with Gasteiger partial charge in [-0.15, -0.1) is 0 Å². The molecule has 0 fully saturated rings. The highest BCUT2D eigenvalue weighted by atomic mass is 35.5. The summed E-state index contributed by atoms with van der Waals surface area (Å²) in [5.41, 5.74) is 2.82. The molecule has 1 aromatic heterocycles. The third-order valence-electron chi connectivity index (χ3n) is 5.89. The summed E-state index contributed by atoms with van der Waals surface area (Å²) in [6, 6.07) is 18.2. The fraction of sp³-hybridized carbons (Fsp3) is 0.269. The highest BCUT2D eigenvalue weighted by Gasteiger charge is 2.26. The number of likely N-dealkylation sites (N-methyl/N-ethyl adjacent to an activating group) is 1. The molecule has 1 amide bonds. The number of nitrogens with one attached hydrogen (secondary N) is 1. The smallest absolute Gasteiger partial charge is 0.243 e. The number of nitrogens with zero attached hydrogens (tertiary/aromatic N) is 2. The van der Waals surface area contributed by atoms with E-state index in [9.17, 15) is 13.2 Å². The molecule has 0 bridgehead atoms. The van der Waals surface area contributed by atoms with Crippen molar-refractivity contribution in [2.45, 2.75) is 32.2 Å². The number of ether oxygens (including phenoxy) is 1. The van der Waals surface area contributed by atoms with Crippen LogP contribution in [-0.2, 0) is 21.4 Å². The number of rotatable bonds is 9. The highest BCUT2D eigenvalue weighted by Crippen LogP contribution is 2.31. The molecule has 0 spiro atoms. The van der Waals surface area contributed by atoms with Crippen molar-refractivity contribution in [1.82, 2.24) is 8.87 Å². The Bertz CT molecular complexity index is 1500. The Morgan fingerprint density at radius 3 is 2.43 bits per heavy atom. The van der Waals surface area contributed by atoms with Crippen LogP contribution in [0.5, 0.6) is 5.75 Å². The molecule has 0 aliphatic heterocycles. The van der Waals surface area contributed by atoms with E-state index in [1.165, 1.54) is 18.2 Å². The van der Waals surface area contributed by atoms with Gasteiger partial charge in [0.1, 0.15) is 5.75 Å². The molecule has 7 nitrogen and oxygen atoms in total. The van der Waals surface area contributed by atoms with Gasteiger partial charge in [0.25, 0.3) is 0 Å². The first kappa shape index (κ1) is 25.0. The van der Waals surface area contributed by atoms with Gasteiger partial charge in [-0.2, -0.15) is 4.31 Å². The lowest BCUT2D eigenvalue weighted by Crippen LogP contribution is -2.37. The van der Waals surface area contributed by atoms with Gasteiger partial charge in [0.05, 0.1) is 23.1 Å². The van der Waals surface area contributed by atoms with E-state index in [0.717, 1.165) is 32.7 Å². The molecule has 0 saturated carbocycles. The van der Waals surface area contributed by atoms with Crippen molar-refractivity contribution < 1.29 is 17.9 Å². The number of aryl methyl sites for hydroxylation is 1. The average Bonchev–Trinajstić information content (AvgIpc) is 3.16. The van der Waals surface area contributed by atoms with Crippen LogP contribution in [0.1, 0.15) is 20.8 Å². The zero-order chi connectivity index (χ0) is 25.2. The number of hydrogen-bond donors (Lipinski definition) is 1. The van der Waals surface area contributed by atoms with Crippen molar-refractivity contribution in [3.05, 3.63) is 65.7 Å². The topological polar surface area (TPSA) is 80.6 Å². The number of anilines is 1. The first-order valence-corrected chi connectivity index (χ1v) is 13.3. The summed E-state index contributed by atoms with van der Waals surface area (Å²) in [6.07, 6.45) is 0. The minimum atomic E-state index is -3.93. The van der Waals surface area contributed by atoms with Gasteiger partial charge in [0, 0.05) is 40.6 Å². The molecule has 0 saturated heterocycles. The van der Waals surface area contributed by atoms with Crippen LogP contribution in [0.3, 0.4) is 0 Å². The van der Waals surface area contributed by atoms with Gasteiger partial charge in [-0.3, -0.25) is 4.79 Å². The number of hydrogen-bond acceptors (Lipinski definition) is 4. The van der Waals surface area contributed by atoms with Crippen LogP contribution >= 0.6 is 11.6 Å². The summed E-state index contributed by atoms with van der Waals surface area (Å²) < 4.78 is 35.1. The van der Waals surface area contributed by atoms with Gasteiger partial charge < -0.3 is 14.6 Å². The summed E-state index contributed by atoms with van der Waals surface area (Å²) in [4.78, 5) is 12.9. The first-order chi connectivity index (χ1) is 16.8. The maximum Gasteiger partial charge on any atom is 0.243 e. The summed E-state index contributed by atoms with van der Waals surface area (Å²) in [7, 11) is -3.93. The number of benzene rings is 3. The van der Waals surface area contributed by atoms with E-state index in [4.69, 9.17) is 16.3 Å². The number of sulfonamides is 1. The Morgan fingerprint density at radius 2 is 1.74 bits per heavy atom. The normalized spacial score (nSPS) is 11.9. The monoisotopic (exact) mass is 513 g/mol. The van der Waals surface area contributed by atoms with Gasteiger partial charge in [-0.1, -0.05) is 36.7 Å². The largest absolute Gasteiger partial charge is 0.492 e. The summed E-state index contributed by atoms with van der Waals surface area (Å²) >= 11 is 6.19. The highest BCUT2D eigenvalue weighted by molar-refractivity contribution is 7.89. The number of aromatic nitrogens is 1. The zero-order valence-corrected chi connectivity index (χ0v) is 21.5. The molecule has 184 valence electrons. The molecule has 4 rings (SSSR count). The van der Waals surface area contributed by atoms with Crippen molar-refractivity contribution in [1.29, 1.82) is 0 Å². The maximum absolute atomic E-state index is 13.2. The number of carbonyl (C=O) groups is 1. The number of fused-ring (bicyclic) bond motifs is 3. The van der Waals surface area contributed by atoms with Crippen LogP contribution in [0.15, 0.2) is 65.6 Å². The van der Waals surface area contributed by atoms with E-state index < -0.39 is 15.9 Å². The van der Waals surface area contributed by atoms with Gasteiger partial charge in [-0.25, -0.2) is 8.42 Å². The second-order valence-corrected chi connectivity index (χ2v) is 10.3. The molecule has 9 heteroatoms. The SMILES string of the molecule is CCOc1ccc(S(=O)(=O)N(CC)CC(=O)Nc2ccc3c(c2)c2ccccc2n3CC)cc1Cl. The number of amides is 1. The number of para-hydroxylation sites is 1. The lowest BCUT2D eigenvalue weighted by atomic mass is 10.1. The maximum atomic E-state index is 13.2. The zero-order valence-electron chi connectivity index (χ0n) is 19.9. The Kier molecular flexibility index (Phi) is 7.35. The molecule has 0 unspecified atom stereocenters. The van der Waals surface area contributed by atoms with Gasteiger partial charge in [0.2, 0.25) is 15.9 Å². The molecule has 0 radical (unpaired) electrons. The molecule has 0 aliphatic rings. The van der Waals surface area contributed by atoms with Crippen molar-refractivity contribution >= 4 is 55.0 Å². The summed E-state index contributed by atoms with van der Waals surface area (Å²) in [5, 5.41) is 5.19. The fourth-order valence-corrected chi connectivity index (χ4v) is 6.00. The quantitative estimate of drug-likeness (QED) is 0.320. The molecular weight excluding hydrogens is 486 g/mol. The van der Waals surface area contributed by atoms with Gasteiger partial charge in [0.15, 0.2) is 0 Å². The van der Waals surface area contributed by atoms with E-state index in [1.54, 1.807) is 6.92 Å². The van der Waals surface area contributed by atoms with Gasteiger partial charge in [-0.05, 0) is 56.3 Å². The second-order valence-electron chi connectivity index (χ2n) is 8.00. The van der Waals surface area contributed by atoms with Crippen molar-refractivity contribution in [3.63, 3.8) is 0 Å². The first-order valence-electron chi connectivity index (χ1n) is 11.5. The minimum absolute atomic E-state index is 0.00870.